The summed E-state index contributed by atoms with van der Waals surface area (Å²) in [5.74, 6) is 0.485. The lowest BCUT2D eigenvalue weighted by molar-refractivity contribution is 0.122. The molecule has 2 heterocycles. The fourth-order valence-corrected chi connectivity index (χ4v) is 2.48. The largest absolute Gasteiger partial charge is 0.389 e. The first-order chi connectivity index (χ1) is 7.66. The lowest BCUT2D eigenvalue weighted by Gasteiger charge is -2.13. The van der Waals surface area contributed by atoms with Crippen LogP contribution in [-0.4, -0.2) is 35.5 Å². The van der Waals surface area contributed by atoms with Gasteiger partial charge in [0.05, 0.1) is 36.1 Å². The van der Waals surface area contributed by atoms with E-state index >= 15 is 0 Å². The van der Waals surface area contributed by atoms with Gasteiger partial charge in [0, 0.05) is 17.8 Å². The highest BCUT2D eigenvalue weighted by molar-refractivity contribution is 7.09. The quantitative estimate of drug-likeness (QED) is 0.830. The Morgan fingerprint density at radius 3 is 3.00 bits per heavy atom. The van der Waals surface area contributed by atoms with E-state index in [1.807, 2.05) is 0 Å². The molecule has 1 saturated heterocycles. The van der Waals surface area contributed by atoms with Crippen LogP contribution in [0.25, 0.3) is 0 Å². The number of hydrogen-bond acceptors (Lipinski definition) is 5. The molecule has 0 radical (unpaired) electrons. The van der Waals surface area contributed by atoms with Crippen LogP contribution in [0.2, 0.25) is 0 Å². The molecule has 1 fully saturated rings. The molecule has 16 heavy (non-hydrogen) atoms. The molecule has 2 unspecified atom stereocenters. The molecule has 1 aromatic heterocycles. The molecule has 90 valence electrons. The molecule has 0 aromatic carbocycles. The van der Waals surface area contributed by atoms with E-state index in [9.17, 15) is 5.11 Å². The summed E-state index contributed by atoms with van der Waals surface area (Å²) >= 11 is 1.70. The number of ether oxygens (including phenoxy) is 1. The topological polar surface area (TPSA) is 54.4 Å². The van der Waals surface area contributed by atoms with Gasteiger partial charge in [-0.2, -0.15) is 0 Å². The van der Waals surface area contributed by atoms with Crippen LogP contribution >= 0.6 is 11.3 Å². The fraction of sp³-hybridized carbons (Fsp3) is 0.727. The molecular weight excluding hydrogens is 224 g/mol. The lowest BCUT2D eigenvalue weighted by atomic mass is 10.2. The molecule has 1 aliphatic heterocycles. The number of thiazole rings is 1. The highest BCUT2D eigenvalue weighted by atomic mass is 32.1. The van der Waals surface area contributed by atoms with Crippen LogP contribution < -0.4 is 5.32 Å². The first-order valence-corrected chi connectivity index (χ1v) is 6.48. The molecule has 4 nitrogen and oxygen atoms in total. The Labute approximate surface area is 99.7 Å². The summed E-state index contributed by atoms with van der Waals surface area (Å²) in [7, 11) is 0. The van der Waals surface area contributed by atoms with Crippen molar-refractivity contribution < 1.29 is 9.84 Å². The number of nitrogens with zero attached hydrogens (tertiary/aromatic N) is 1. The van der Waals surface area contributed by atoms with Crippen molar-refractivity contribution in [1.82, 2.24) is 10.3 Å². The van der Waals surface area contributed by atoms with Crippen molar-refractivity contribution >= 4 is 11.3 Å². The Bertz CT molecular complexity index is 340. The molecule has 5 heteroatoms. The second kappa shape index (κ2) is 5.23. The molecule has 2 atom stereocenters. The Kier molecular flexibility index (Phi) is 3.91. The number of aromatic nitrogens is 1. The summed E-state index contributed by atoms with van der Waals surface area (Å²) in [6, 6.07) is 0.0456. The zero-order valence-corrected chi connectivity index (χ0v) is 10.5. The average Bonchev–Trinajstić information content (AvgIpc) is 2.83. The van der Waals surface area contributed by atoms with E-state index in [0.717, 1.165) is 5.69 Å². The first-order valence-electron chi connectivity index (χ1n) is 5.60. The maximum Gasteiger partial charge on any atom is 0.0954 e. The third-order valence-electron chi connectivity index (χ3n) is 2.66. The van der Waals surface area contributed by atoms with Gasteiger partial charge in [-0.1, -0.05) is 13.8 Å². The first kappa shape index (κ1) is 12.0. The van der Waals surface area contributed by atoms with Crippen molar-refractivity contribution in [3.05, 3.63) is 16.1 Å². The number of aliphatic hydroxyl groups is 1. The Morgan fingerprint density at radius 1 is 1.62 bits per heavy atom. The van der Waals surface area contributed by atoms with Crippen LogP contribution in [0.15, 0.2) is 5.38 Å². The molecule has 1 aliphatic rings. The van der Waals surface area contributed by atoms with Gasteiger partial charge in [-0.05, 0) is 0 Å². The highest BCUT2D eigenvalue weighted by Crippen LogP contribution is 2.19. The van der Waals surface area contributed by atoms with Gasteiger partial charge in [-0.15, -0.1) is 11.3 Å². The fourth-order valence-electron chi connectivity index (χ4n) is 1.64. The third kappa shape index (κ3) is 2.79. The van der Waals surface area contributed by atoms with Crippen molar-refractivity contribution in [3.8, 4) is 0 Å². The molecule has 0 saturated carbocycles. The van der Waals surface area contributed by atoms with Crippen LogP contribution in [-0.2, 0) is 11.3 Å². The summed E-state index contributed by atoms with van der Waals surface area (Å²) < 4.78 is 5.17. The second-order valence-corrected chi connectivity index (χ2v) is 5.31. The Morgan fingerprint density at radius 2 is 2.44 bits per heavy atom. The van der Waals surface area contributed by atoms with Crippen molar-refractivity contribution in [1.29, 1.82) is 0 Å². The molecule has 0 amide bonds. The second-order valence-electron chi connectivity index (χ2n) is 4.42. The van der Waals surface area contributed by atoms with Gasteiger partial charge in [0.2, 0.25) is 0 Å². The van der Waals surface area contributed by atoms with Crippen molar-refractivity contribution in [2.75, 3.05) is 13.2 Å². The Balaban J connectivity index is 1.84. The predicted octanol–water partition coefficient (Wildman–Crippen LogP) is 1.12. The SMILES string of the molecule is CC(C)c1nc(CNC2COCC2O)cs1. The third-order valence-corrected chi connectivity index (χ3v) is 3.85. The summed E-state index contributed by atoms with van der Waals surface area (Å²) in [4.78, 5) is 4.53. The van der Waals surface area contributed by atoms with Gasteiger partial charge in [0.15, 0.2) is 0 Å². The molecule has 2 N–H and O–H groups in total. The predicted molar refractivity (Wildman–Crippen MR) is 63.7 cm³/mol. The normalized spacial score (nSPS) is 25.5. The summed E-state index contributed by atoms with van der Waals surface area (Å²) in [6.07, 6.45) is -0.386. The van der Waals surface area contributed by atoms with Crippen molar-refractivity contribution in [2.45, 2.75) is 38.5 Å². The monoisotopic (exact) mass is 242 g/mol. The van der Waals surface area contributed by atoms with E-state index in [-0.39, 0.29) is 12.1 Å². The lowest BCUT2D eigenvalue weighted by Crippen LogP contribution is -2.38. The maximum atomic E-state index is 9.56. The van der Waals surface area contributed by atoms with E-state index in [1.54, 1.807) is 11.3 Å². The molecule has 2 rings (SSSR count). The van der Waals surface area contributed by atoms with Crippen LogP contribution in [0.5, 0.6) is 0 Å². The minimum Gasteiger partial charge on any atom is -0.389 e. The van der Waals surface area contributed by atoms with Crippen LogP contribution in [0.4, 0.5) is 0 Å². The van der Waals surface area contributed by atoms with Gasteiger partial charge in [-0.25, -0.2) is 4.98 Å². The van der Waals surface area contributed by atoms with Crippen LogP contribution in [0, 0.1) is 0 Å². The zero-order valence-electron chi connectivity index (χ0n) is 9.64. The molecule has 0 bridgehead atoms. The van der Waals surface area contributed by atoms with Crippen molar-refractivity contribution in [2.24, 2.45) is 0 Å². The van der Waals surface area contributed by atoms with Gasteiger partial charge in [-0.3, -0.25) is 0 Å². The van der Waals surface area contributed by atoms with E-state index in [2.05, 4.69) is 29.5 Å². The van der Waals surface area contributed by atoms with E-state index in [0.29, 0.717) is 25.7 Å². The summed E-state index contributed by atoms with van der Waals surface area (Å²) in [5.41, 5.74) is 1.05. The van der Waals surface area contributed by atoms with Gasteiger partial charge >= 0.3 is 0 Å². The smallest absolute Gasteiger partial charge is 0.0954 e. The van der Waals surface area contributed by atoms with E-state index in [4.69, 9.17) is 4.74 Å². The van der Waals surface area contributed by atoms with Crippen molar-refractivity contribution in [3.63, 3.8) is 0 Å². The zero-order chi connectivity index (χ0) is 11.5. The Hall–Kier alpha value is -0.490. The molecule has 1 aromatic rings. The van der Waals surface area contributed by atoms with E-state index in [1.165, 1.54) is 5.01 Å². The maximum absolute atomic E-state index is 9.56. The minimum atomic E-state index is -0.386. The van der Waals surface area contributed by atoms with E-state index < -0.39 is 0 Å². The van der Waals surface area contributed by atoms with Gasteiger partial charge in [0.25, 0.3) is 0 Å². The summed E-state index contributed by atoms with van der Waals surface area (Å²) in [5, 5.41) is 16.1. The molecule has 0 aliphatic carbocycles. The van der Waals surface area contributed by atoms with Crippen LogP contribution in [0.3, 0.4) is 0 Å². The highest BCUT2D eigenvalue weighted by Gasteiger charge is 2.25. The van der Waals surface area contributed by atoms with Gasteiger partial charge < -0.3 is 15.2 Å². The molecular formula is C11H18N2O2S. The standard InChI is InChI=1S/C11H18N2O2S/c1-7(2)11-13-8(6-16-11)3-12-9-4-15-5-10(9)14/h6-7,9-10,12,14H,3-5H2,1-2H3. The number of rotatable bonds is 4. The number of aliphatic hydroxyl groups excluding tert-OH is 1. The number of nitrogens with one attached hydrogen (secondary N) is 1. The van der Waals surface area contributed by atoms with Gasteiger partial charge in [0.1, 0.15) is 0 Å². The van der Waals surface area contributed by atoms with Crippen LogP contribution in [0.1, 0.15) is 30.5 Å². The summed E-state index contributed by atoms with van der Waals surface area (Å²) in [6.45, 7) is 6.01. The minimum absolute atomic E-state index is 0.0456. The molecule has 0 spiro atoms. The number of hydrogen-bond donors (Lipinski definition) is 2. The average molecular weight is 242 g/mol.